The molecule has 1 aliphatic carbocycles. The second-order valence-electron chi connectivity index (χ2n) is 2.01. The Balaban J connectivity index is 0. The molecule has 0 aromatic carbocycles. The van der Waals surface area contributed by atoms with Gasteiger partial charge in [-0.25, -0.2) is 0 Å². The molecule has 0 amide bonds. The monoisotopic (exact) mass is 338 g/mol. The van der Waals surface area contributed by atoms with E-state index in [1.54, 1.807) is 12.2 Å². The largest absolute Gasteiger partial charge is 0.0991 e. The standard InChI is InChI=1S/C8H8.C4H6.Hf/c1-2-4-6-8-7-5-3-1;1-3-4-2;/h1-8H;3-4H,1-2H2;/b2-1-,3-1?,4-2?,5-3-,6-4-,7-5?,8-6?,8-7-;;. The van der Waals surface area contributed by atoms with Gasteiger partial charge in [-0.15, -0.1) is 0 Å². The molecule has 0 aromatic rings. The summed E-state index contributed by atoms with van der Waals surface area (Å²) in [6, 6.07) is 0. The molecule has 0 heterocycles. The molecule has 1 heteroatoms. The Morgan fingerprint density at radius 2 is 0.692 bits per heavy atom. The van der Waals surface area contributed by atoms with E-state index in [9.17, 15) is 0 Å². The zero-order chi connectivity index (χ0) is 9.07. The maximum atomic E-state index is 3.36. The molecular weight excluding hydrogens is 323 g/mol. The first-order chi connectivity index (χ1) is 5.91. The molecule has 0 spiro atoms. The molecule has 0 atom stereocenters. The van der Waals surface area contributed by atoms with E-state index in [0.717, 1.165) is 0 Å². The van der Waals surface area contributed by atoms with Gasteiger partial charge >= 0.3 is 0 Å². The minimum Gasteiger partial charge on any atom is -0.0991 e. The van der Waals surface area contributed by atoms with Crippen LogP contribution in [-0.2, 0) is 25.8 Å². The molecule has 13 heavy (non-hydrogen) atoms. The van der Waals surface area contributed by atoms with Crippen LogP contribution < -0.4 is 0 Å². The molecule has 0 saturated carbocycles. The average Bonchev–Trinajstić information content (AvgIpc) is 2.04. The summed E-state index contributed by atoms with van der Waals surface area (Å²) in [5.41, 5.74) is 0. The normalized spacial score (nSPS) is 21.2. The van der Waals surface area contributed by atoms with Crippen molar-refractivity contribution in [3.8, 4) is 0 Å². The SMILES string of the molecule is C1=C\C=C/C=C\C=C/1.C=CC=C.[Hf]. The van der Waals surface area contributed by atoms with Gasteiger partial charge in [0.05, 0.1) is 0 Å². The van der Waals surface area contributed by atoms with Gasteiger partial charge in [-0.1, -0.05) is 73.9 Å². The van der Waals surface area contributed by atoms with Crippen LogP contribution in [0.3, 0.4) is 0 Å². The predicted molar refractivity (Wildman–Crippen MR) is 57.0 cm³/mol. The van der Waals surface area contributed by atoms with Crippen LogP contribution in [0.2, 0.25) is 0 Å². The number of hydrogen-bond donors (Lipinski definition) is 0. The Hall–Kier alpha value is -0.690. The Bertz CT molecular complexity index is 168. The van der Waals surface area contributed by atoms with E-state index in [0.29, 0.717) is 0 Å². The van der Waals surface area contributed by atoms with E-state index >= 15 is 0 Å². The molecular formula is C12H14Hf. The zero-order valence-corrected chi connectivity index (χ0v) is 11.3. The molecule has 0 aromatic heterocycles. The number of hydrogen-bond acceptors (Lipinski definition) is 0. The third-order valence-electron chi connectivity index (χ3n) is 1.06. The molecule has 0 bridgehead atoms. The summed E-state index contributed by atoms with van der Waals surface area (Å²) >= 11 is 0. The van der Waals surface area contributed by atoms with Gasteiger partial charge in [0, 0.05) is 25.8 Å². The van der Waals surface area contributed by atoms with Crippen LogP contribution in [0.25, 0.3) is 0 Å². The molecule has 0 radical (unpaired) electrons. The molecule has 0 nitrogen and oxygen atoms in total. The predicted octanol–water partition coefficient (Wildman–Crippen LogP) is 3.58. The first-order valence-corrected chi connectivity index (χ1v) is 3.82. The summed E-state index contributed by atoms with van der Waals surface area (Å²) in [5, 5.41) is 0. The van der Waals surface area contributed by atoms with Crippen LogP contribution in [0.4, 0.5) is 0 Å². The van der Waals surface area contributed by atoms with Crippen molar-refractivity contribution in [2.75, 3.05) is 0 Å². The van der Waals surface area contributed by atoms with Gasteiger partial charge in [0.2, 0.25) is 0 Å². The third-order valence-corrected chi connectivity index (χ3v) is 1.06. The molecule has 1 aliphatic rings. The van der Waals surface area contributed by atoms with Crippen molar-refractivity contribution in [2.24, 2.45) is 0 Å². The summed E-state index contributed by atoms with van der Waals surface area (Å²) in [6.07, 6.45) is 19.3. The minimum absolute atomic E-state index is 0. The van der Waals surface area contributed by atoms with E-state index in [-0.39, 0.29) is 25.8 Å². The molecule has 0 fully saturated rings. The van der Waals surface area contributed by atoms with Crippen LogP contribution in [-0.4, -0.2) is 0 Å². The summed E-state index contributed by atoms with van der Waals surface area (Å²) in [5.74, 6) is 0. The van der Waals surface area contributed by atoms with Crippen LogP contribution in [0, 0.1) is 0 Å². The van der Waals surface area contributed by atoms with Gasteiger partial charge in [0.15, 0.2) is 0 Å². The Morgan fingerprint density at radius 1 is 0.538 bits per heavy atom. The fourth-order valence-electron chi connectivity index (χ4n) is 0.513. The van der Waals surface area contributed by atoms with Crippen LogP contribution >= 0.6 is 0 Å². The van der Waals surface area contributed by atoms with Crippen molar-refractivity contribution < 1.29 is 25.8 Å². The van der Waals surface area contributed by atoms with Gasteiger partial charge in [0.25, 0.3) is 0 Å². The third kappa shape index (κ3) is 14.2. The zero-order valence-electron chi connectivity index (χ0n) is 7.69. The van der Waals surface area contributed by atoms with Crippen molar-refractivity contribution in [2.45, 2.75) is 0 Å². The first kappa shape index (κ1) is 14.8. The van der Waals surface area contributed by atoms with Gasteiger partial charge < -0.3 is 0 Å². The smallest absolute Gasteiger partial charge is 0 e. The molecule has 0 unspecified atom stereocenters. The first-order valence-electron chi connectivity index (χ1n) is 3.82. The molecule has 66 valence electrons. The Morgan fingerprint density at radius 3 is 0.769 bits per heavy atom. The van der Waals surface area contributed by atoms with Gasteiger partial charge in [-0.2, -0.15) is 0 Å². The summed E-state index contributed by atoms with van der Waals surface area (Å²) in [6.45, 7) is 6.72. The van der Waals surface area contributed by atoms with Crippen LogP contribution in [0.5, 0.6) is 0 Å². The number of rotatable bonds is 1. The molecule has 0 N–H and O–H groups in total. The quantitative estimate of drug-likeness (QED) is 0.507. The van der Waals surface area contributed by atoms with Gasteiger partial charge in [0.1, 0.15) is 0 Å². The van der Waals surface area contributed by atoms with E-state index in [4.69, 9.17) is 0 Å². The Kier molecular flexibility index (Phi) is 15.8. The van der Waals surface area contributed by atoms with Gasteiger partial charge in [-0.3, -0.25) is 0 Å². The Labute approximate surface area is 99.5 Å². The molecule has 0 saturated heterocycles. The van der Waals surface area contributed by atoms with Crippen molar-refractivity contribution in [1.29, 1.82) is 0 Å². The van der Waals surface area contributed by atoms with Crippen molar-refractivity contribution in [3.63, 3.8) is 0 Å². The fourth-order valence-corrected chi connectivity index (χ4v) is 0.513. The second kappa shape index (κ2) is 13.9. The molecule has 1 rings (SSSR count). The summed E-state index contributed by atoms with van der Waals surface area (Å²) in [4.78, 5) is 0. The van der Waals surface area contributed by atoms with Crippen molar-refractivity contribution in [1.82, 2.24) is 0 Å². The maximum absolute atomic E-state index is 3.36. The maximum Gasteiger partial charge on any atom is 0 e. The van der Waals surface area contributed by atoms with Crippen LogP contribution in [0.15, 0.2) is 73.9 Å². The summed E-state index contributed by atoms with van der Waals surface area (Å²) in [7, 11) is 0. The average molecular weight is 337 g/mol. The minimum atomic E-state index is 0. The van der Waals surface area contributed by atoms with Crippen LogP contribution in [0.1, 0.15) is 0 Å². The van der Waals surface area contributed by atoms with E-state index < -0.39 is 0 Å². The molecule has 0 aliphatic heterocycles. The van der Waals surface area contributed by atoms with Gasteiger partial charge in [-0.05, 0) is 0 Å². The topological polar surface area (TPSA) is 0 Å². The van der Waals surface area contributed by atoms with E-state index in [1.807, 2.05) is 48.6 Å². The van der Waals surface area contributed by atoms with Crippen molar-refractivity contribution >= 4 is 0 Å². The number of allylic oxidation sites excluding steroid dienone is 10. The van der Waals surface area contributed by atoms with E-state index in [2.05, 4.69) is 13.2 Å². The second-order valence-corrected chi connectivity index (χ2v) is 2.01. The van der Waals surface area contributed by atoms with E-state index in [1.165, 1.54) is 0 Å². The van der Waals surface area contributed by atoms with Crippen molar-refractivity contribution in [3.05, 3.63) is 73.9 Å². The summed E-state index contributed by atoms with van der Waals surface area (Å²) < 4.78 is 0. The fraction of sp³-hybridized carbons (Fsp3) is 0.